The van der Waals surface area contributed by atoms with Crippen molar-refractivity contribution < 1.29 is 9.53 Å². The van der Waals surface area contributed by atoms with E-state index < -0.39 is 6.10 Å². The topological polar surface area (TPSA) is 53.3 Å². The number of carbonyl (C=O) groups excluding carboxylic acids is 1. The van der Waals surface area contributed by atoms with E-state index in [0.29, 0.717) is 25.3 Å². The largest absolute Gasteiger partial charge is 0.478 e. The van der Waals surface area contributed by atoms with Gasteiger partial charge in [0.25, 0.3) is 5.91 Å². The molecular formula is C16H20N2O2. The van der Waals surface area contributed by atoms with Gasteiger partial charge in [-0.25, -0.2) is 0 Å². The Morgan fingerprint density at radius 2 is 2.20 bits per heavy atom. The lowest BCUT2D eigenvalue weighted by Gasteiger charge is -2.34. The maximum Gasteiger partial charge on any atom is 0.268 e. The van der Waals surface area contributed by atoms with Crippen molar-refractivity contribution in [2.75, 3.05) is 11.4 Å². The Morgan fingerprint density at radius 3 is 2.80 bits per heavy atom. The molecule has 1 aliphatic heterocycles. The number of nitriles is 1. The maximum absolute atomic E-state index is 12.4. The zero-order chi connectivity index (χ0) is 14.7. The molecule has 1 aromatic carbocycles. The number of ether oxygens (including phenoxy) is 1. The summed E-state index contributed by atoms with van der Waals surface area (Å²) in [7, 11) is 0. The molecule has 4 nitrogen and oxygen atoms in total. The molecule has 0 N–H and O–H groups in total. The van der Waals surface area contributed by atoms with Crippen molar-refractivity contribution in [3.63, 3.8) is 0 Å². The van der Waals surface area contributed by atoms with Crippen LogP contribution < -0.4 is 9.64 Å². The molecule has 0 aromatic heterocycles. The molecule has 1 aliphatic rings. The number of rotatable bonds is 4. The van der Waals surface area contributed by atoms with Gasteiger partial charge >= 0.3 is 0 Å². The lowest BCUT2D eigenvalue weighted by Crippen LogP contribution is -2.46. The number of amides is 1. The maximum atomic E-state index is 12.4. The van der Waals surface area contributed by atoms with E-state index in [1.807, 2.05) is 25.1 Å². The first kappa shape index (κ1) is 14.4. The van der Waals surface area contributed by atoms with Gasteiger partial charge in [0, 0.05) is 6.54 Å². The molecule has 0 saturated carbocycles. The average Bonchev–Trinajstić information content (AvgIpc) is 2.45. The lowest BCUT2D eigenvalue weighted by molar-refractivity contribution is -0.126. The molecule has 0 spiro atoms. The second-order valence-electron chi connectivity index (χ2n) is 5.29. The van der Waals surface area contributed by atoms with Crippen molar-refractivity contribution in [1.29, 1.82) is 5.26 Å². The Kier molecular flexibility index (Phi) is 4.29. The summed E-state index contributed by atoms with van der Waals surface area (Å²) in [5.74, 6) is 1.08. The molecule has 2 rings (SSSR count). The quantitative estimate of drug-likeness (QED) is 0.845. The first-order valence-corrected chi connectivity index (χ1v) is 7.07. The van der Waals surface area contributed by atoms with E-state index in [2.05, 4.69) is 19.9 Å². The molecule has 0 radical (unpaired) electrons. The minimum Gasteiger partial charge on any atom is -0.478 e. The Morgan fingerprint density at radius 1 is 1.45 bits per heavy atom. The molecule has 1 unspecified atom stereocenters. The molecule has 1 amide bonds. The number of hydrogen-bond donors (Lipinski definition) is 0. The Balaban J connectivity index is 2.42. The molecule has 106 valence electrons. The second kappa shape index (κ2) is 5.96. The normalized spacial score (nSPS) is 17.6. The average molecular weight is 272 g/mol. The molecule has 1 aromatic rings. The van der Waals surface area contributed by atoms with Crippen LogP contribution in [0.3, 0.4) is 0 Å². The SMILES string of the molecule is CCC1Oc2ccc(C(C)C)cc2N(CCC#N)C1=O. The molecule has 1 atom stereocenters. The Bertz CT molecular complexity index is 546. The van der Waals surface area contributed by atoms with E-state index in [0.717, 1.165) is 17.0 Å². The predicted octanol–water partition coefficient (Wildman–Crippen LogP) is 3.23. The van der Waals surface area contributed by atoms with Crippen molar-refractivity contribution in [2.24, 2.45) is 0 Å². The number of carbonyl (C=O) groups is 1. The van der Waals surface area contributed by atoms with Crippen LogP contribution in [0.15, 0.2) is 18.2 Å². The molecular weight excluding hydrogens is 252 g/mol. The summed E-state index contributed by atoms with van der Waals surface area (Å²) in [6.07, 6.45) is 0.520. The van der Waals surface area contributed by atoms with Gasteiger partial charge in [0.15, 0.2) is 6.10 Å². The zero-order valence-corrected chi connectivity index (χ0v) is 12.2. The summed E-state index contributed by atoms with van der Waals surface area (Å²) in [4.78, 5) is 14.1. The number of nitrogens with zero attached hydrogens (tertiary/aromatic N) is 2. The Hall–Kier alpha value is -2.02. The van der Waals surface area contributed by atoms with E-state index in [4.69, 9.17) is 10.00 Å². The summed E-state index contributed by atoms with van der Waals surface area (Å²) >= 11 is 0. The van der Waals surface area contributed by atoms with Crippen molar-refractivity contribution in [3.05, 3.63) is 23.8 Å². The van der Waals surface area contributed by atoms with Crippen LogP contribution >= 0.6 is 0 Å². The molecule has 4 heteroatoms. The van der Waals surface area contributed by atoms with Gasteiger partial charge in [-0.05, 0) is 30.0 Å². The van der Waals surface area contributed by atoms with E-state index in [9.17, 15) is 4.79 Å². The summed E-state index contributed by atoms with van der Waals surface area (Å²) in [6, 6.07) is 8.07. The van der Waals surface area contributed by atoms with Gasteiger partial charge in [0.05, 0.1) is 18.2 Å². The van der Waals surface area contributed by atoms with Crippen LogP contribution in [-0.4, -0.2) is 18.6 Å². The van der Waals surface area contributed by atoms with E-state index in [1.165, 1.54) is 0 Å². The van der Waals surface area contributed by atoms with Crippen molar-refractivity contribution in [2.45, 2.75) is 45.6 Å². The summed E-state index contributed by atoms with van der Waals surface area (Å²) in [5, 5.41) is 8.78. The van der Waals surface area contributed by atoms with Crippen LogP contribution in [0.5, 0.6) is 5.75 Å². The first-order chi connectivity index (χ1) is 9.58. The van der Waals surface area contributed by atoms with E-state index in [-0.39, 0.29) is 5.91 Å². The van der Waals surface area contributed by atoms with Gasteiger partial charge in [-0.15, -0.1) is 0 Å². The third-order valence-electron chi connectivity index (χ3n) is 3.57. The predicted molar refractivity (Wildman–Crippen MR) is 77.8 cm³/mol. The summed E-state index contributed by atoms with van der Waals surface area (Å²) < 4.78 is 5.76. The number of fused-ring (bicyclic) bond motifs is 1. The van der Waals surface area contributed by atoms with Crippen LogP contribution in [0.2, 0.25) is 0 Å². The fourth-order valence-electron chi connectivity index (χ4n) is 2.35. The molecule has 0 saturated heterocycles. The lowest BCUT2D eigenvalue weighted by atomic mass is 10.0. The van der Waals surface area contributed by atoms with Gasteiger partial charge in [-0.2, -0.15) is 5.26 Å². The Labute approximate surface area is 120 Å². The molecule has 0 aliphatic carbocycles. The molecule has 20 heavy (non-hydrogen) atoms. The van der Waals surface area contributed by atoms with Gasteiger partial charge in [-0.3, -0.25) is 4.79 Å². The summed E-state index contributed by atoms with van der Waals surface area (Å²) in [5.41, 5.74) is 1.96. The number of hydrogen-bond acceptors (Lipinski definition) is 3. The van der Waals surface area contributed by atoms with Crippen LogP contribution in [0, 0.1) is 11.3 Å². The third kappa shape index (κ3) is 2.62. The van der Waals surface area contributed by atoms with E-state index >= 15 is 0 Å². The monoisotopic (exact) mass is 272 g/mol. The number of anilines is 1. The second-order valence-corrected chi connectivity index (χ2v) is 5.29. The van der Waals surface area contributed by atoms with Crippen LogP contribution in [-0.2, 0) is 4.79 Å². The zero-order valence-electron chi connectivity index (χ0n) is 12.2. The first-order valence-electron chi connectivity index (χ1n) is 7.07. The van der Waals surface area contributed by atoms with Crippen molar-refractivity contribution in [1.82, 2.24) is 0 Å². The molecule has 1 heterocycles. The van der Waals surface area contributed by atoms with Gasteiger partial charge in [0.2, 0.25) is 0 Å². The standard InChI is InChI=1S/C16H20N2O2/c1-4-14-16(19)18(9-5-8-17)13-10-12(11(2)3)6-7-15(13)20-14/h6-7,10-11,14H,4-5,9H2,1-3H3. The molecule has 0 bridgehead atoms. The highest BCUT2D eigenvalue weighted by molar-refractivity contribution is 6.00. The smallest absolute Gasteiger partial charge is 0.268 e. The van der Waals surface area contributed by atoms with Crippen LogP contribution in [0.1, 0.15) is 45.1 Å². The molecule has 0 fully saturated rings. The van der Waals surface area contributed by atoms with Crippen LogP contribution in [0.25, 0.3) is 0 Å². The van der Waals surface area contributed by atoms with Crippen molar-refractivity contribution in [3.8, 4) is 11.8 Å². The number of benzene rings is 1. The van der Waals surface area contributed by atoms with Gasteiger partial charge in [-0.1, -0.05) is 26.8 Å². The van der Waals surface area contributed by atoms with Crippen LogP contribution in [0.4, 0.5) is 5.69 Å². The van der Waals surface area contributed by atoms with Gasteiger partial charge < -0.3 is 9.64 Å². The van der Waals surface area contributed by atoms with Crippen molar-refractivity contribution >= 4 is 11.6 Å². The minimum absolute atomic E-state index is 0.0452. The third-order valence-corrected chi connectivity index (χ3v) is 3.57. The highest BCUT2D eigenvalue weighted by atomic mass is 16.5. The fourth-order valence-corrected chi connectivity index (χ4v) is 2.35. The fraction of sp³-hybridized carbons (Fsp3) is 0.500. The minimum atomic E-state index is -0.439. The summed E-state index contributed by atoms with van der Waals surface area (Å²) in [6.45, 7) is 6.58. The highest BCUT2D eigenvalue weighted by Crippen LogP contribution is 2.37. The van der Waals surface area contributed by atoms with E-state index in [1.54, 1.807) is 4.90 Å². The highest BCUT2D eigenvalue weighted by Gasteiger charge is 2.33. The van der Waals surface area contributed by atoms with Gasteiger partial charge in [0.1, 0.15) is 5.75 Å².